The Kier molecular flexibility index (Phi) is 5.36. The fourth-order valence-corrected chi connectivity index (χ4v) is 1.29. The summed E-state index contributed by atoms with van der Waals surface area (Å²) in [4.78, 5) is 15.4. The van der Waals surface area contributed by atoms with Gasteiger partial charge in [-0.3, -0.25) is 4.98 Å². The first-order valence-corrected chi connectivity index (χ1v) is 6.03. The topological polar surface area (TPSA) is 60.5 Å². The Morgan fingerprint density at radius 2 is 2.16 bits per heavy atom. The minimum atomic E-state index is -0.482. The van der Waals surface area contributed by atoms with E-state index in [2.05, 4.69) is 10.3 Å². The lowest BCUT2D eigenvalue weighted by Crippen LogP contribution is -2.32. The Morgan fingerprint density at radius 3 is 2.79 bits per heavy atom. The van der Waals surface area contributed by atoms with Crippen LogP contribution in [0.2, 0.25) is 0 Å². The minimum absolute atomic E-state index is 0.395. The number of pyridine rings is 1. The number of ether oxygens (including phenoxy) is 2. The van der Waals surface area contributed by atoms with Gasteiger partial charge in [0.1, 0.15) is 11.4 Å². The van der Waals surface area contributed by atoms with Crippen LogP contribution in [0.25, 0.3) is 6.08 Å². The van der Waals surface area contributed by atoms with Crippen LogP contribution in [0.4, 0.5) is 4.79 Å². The Bertz CT molecular complexity index is 450. The number of amides is 1. The largest absolute Gasteiger partial charge is 0.495 e. The number of nitrogens with one attached hydrogen (secondary N) is 1. The van der Waals surface area contributed by atoms with E-state index in [1.165, 1.54) is 0 Å². The molecule has 0 fully saturated rings. The van der Waals surface area contributed by atoms with E-state index in [-0.39, 0.29) is 0 Å². The van der Waals surface area contributed by atoms with Crippen LogP contribution < -0.4 is 10.1 Å². The highest BCUT2D eigenvalue weighted by Gasteiger charge is 2.14. The van der Waals surface area contributed by atoms with Gasteiger partial charge in [-0.15, -0.1) is 0 Å². The zero-order valence-corrected chi connectivity index (χ0v) is 11.8. The van der Waals surface area contributed by atoms with Gasteiger partial charge in [0.2, 0.25) is 0 Å². The zero-order valence-electron chi connectivity index (χ0n) is 11.8. The van der Waals surface area contributed by atoms with Crippen molar-refractivity contribution < 1.29 is 14.3 Å². The fourth-order valence-electron chi connectivity index (χ4n) is 1.29. The van der Waals surface area contributed by atoms with Crippen LogP contribution in [-0.4, -0.2) is 30.3 Å². The van der Waals surface area contributed by atoms with Gasteiger partial charge < -0.3 is 14.8 Å². The number of aromatic nitrogens is 1. The average molecular weight is 264 g/mol. The van der Waals surface area contributed by atoms with E-state index >= 15 is 0 Å². The van der Waals surface area contributed by atoms with E-state index in [1.54, 1.807) is 19.5 Å². The van der Waals surface area contributed by atoms with E-state index < -0.39 is 11.7 Å². The second-order valence-electron chi connectivity index (χ2n) is 4.94. The molecule has 0 aliphatic rings. The number of carbonyl (C=O) groups excluding carboxylic acids is 1. The summed E-state index contributed by atoms with van der Waals surface area (Å²) in [6, 6.07) is 1.86. The number of methoxy groups -OCH3 is 1. The molecule has 5 nitrogen and oxygen atoms in total. The molecular weight excluding hydrogens is 244 g/mol. The van der Waals surface area contributed by atoms with Crippen molar-refractivity contribution in [2.45, 2.75) is 26.4 Å². The standard InChI is InChI=1S/C14H20N2O3/c1-14(2,3)19-13(17)16-7-5-6-11-8-12(18-4)10-15-9-11/h5-6,8-10H,7H2,1-4H3,(H,16,17). The van der Waals surface area contributed by atoms with Crippen LogP contribution in [0, 0.1) is 0 Å². The van der Waals surface area contributed by atoms with Gasteiger partial charge in [-0.2, -0.15) is 0 Å². The number of hydrogen-bond acceptors (Lipinski definition) is 4. The predicted molar refractivity (Wildman–Crippen MR) is 74.1 cm³/mol. The maximum Gasteiger partial charge on any atom is 0.407 e. The van der Waals surface area contributed by atoms with E-state index in [4.69, 9.17) is 9.47 Å². The third-order valence-electron chi connectivity index (χ3n) is 2.04. The lowest BCUT2D eigenvalue weighted by molar-refractivity contribution is 0.0534. The maximum absolute atomic E-state index is 11.4. The Morgan fingerprint density at radius 1 is 1.42 bits per heavy atom. The molecule has 0 atom stereocenters. The molecule has 0 radical (unpaired) electrons. The summed E-state index contributed by atoms with van der Waals surface area (Å²) in [5, 5.41) is 2.64. The van der Waals surface area contributed by atoms with Gasteiger partial charge >= 0.3 is 6.09 Å². The van der Waals surface area contributed by atoms with E-state index in [0.717, 1.165) is 5.56 Å². The molecule has 0 bridgehead atoms. The van der Waals surface area contributed by atoms with E-state index in [0.29, 0.717) is 12.3 Å². The molecule has 104 valence electrons. The zero-order chi connectivity index (χ0) is 14.3. The maximum atomic E-state index is 11.4. The molecule has 1 amide bonds. The number of carbonyl (C=O) groups is 1. The van der Waals surface area contributed by atoms with Gasteiger partial charge in [0, 0.05) is 12.7 Å². The highest BCUT2D eigenvalue weighted by molar-refractivity contribution is 5.68. The predicted octanol–water partition coefficient (Wildman–Crippen LogP) is 2.63. The van der Waals surface area contributed by atoms with Crippen LogP contribution in [0.1, 0.15) is 26.3 Å². The second-order valence-corrected chi connectivity index (χ2v) is 4.94. The molecule has 1 rings (SSSR count). The van der Waals surface area contributed by atoms with Crippen LogP contribution in [0.3, 0.4) is 0 Å². The minimum Gasteiger partial charge on any atom is -0.495 e. The van der Waals surface area contributed by atoms with Crippen LogP contribution >= 0.6 is 0 Å². The fraction of sp³-hybridized carbons (Fsp3) is 0.429. The monoisotopic (exact) mass is 264 g/mol. The molecule has 0 aromatic carbocycles. The molecular formula is C14H20N2O3. The van der Waals surface area contributed by atoms with Crippen LogP contribution in [0.15, 0.2) is 24.5 Å². The lowest BCUT2D eigenvalue weighted by Gasteiger charge is -2.19. The van der Waals surface area contributed by atoms with Crippen molar-refractivity contribution in [3.05, 3.63) is 30.1 Å². The number of rotatable bonds is 4. The molecule has 0 aliphatic heterocycles. The van der Waals surface area contributed by atoms with Crippen LogP contribution in [-0.2, 0) is 4.74 Å². The van der Waals surface area contributed by atoms with Crippen molar-refractivity contribution in [3.63, 3.8) is 0 Å². The Hall–Kier alpha value is -2.04. The summed E-state index contributed by atoms with van der Waals surface area (Å²) in [6.07, 6.45) is 6.59. The SMILES string of the molecule is COc1cncc(C=CCNC(=O)OC(C)(C)C)c1. The Balaban J connectivity index is 2.40. The van der Waals surface area contributed by atoms with Crippen molar-refractivity contribution in [2.24, 2.45) is 0 Å². The quantitative estimate of drug-likeness (QED) is 0.908. The summed E-state index contributed by atoms with van der Waals surface area (Å²) >= 11 is 0. The first kappa shape index (κ1) is 15.0. The smallest absolute Gasteiger partial charge is 0.407 e. The van der Waals surface area contributed by atoms with E-state index in [9.17, 15) is 4.79 Å². The van der Waals surface area contributed by atoms with Gasteiger partial charge in [0.05, 0.1) is 13.3 Å². The molecule has 1 aromatic rings. The molecule has 0 aliphatic carbocycles. The van der Waals surface area contributed by atoms with Gasteiger partial charge in [0.15, 0.2) is 0 Å². The summed E-state index contributed by atoms with van der Waals surface area (Å²) in [5.41, 5.74) is 0.426. The molecule has 1 N–H and O–H groups in total. The van der Waals surface area contributed by atoms with Crippen molar-refractivity contribution in [3.8, 4) is 5.75 Å². The van der Waals surface area contributed by atoms with Crippen molar-refractivity contribution >= 4 is 12.2 Å². The normalized spacial score (nSPS) is 11.4. The van der Waals surface area contributed by atoms with Gasteiger partial charge in [-0.05, 0) is 32.4 Å². The Labute approximate surface area is 113 Å². The molecule has 0 saturated carbocycles. The number of hydrogen-bond donors (Lipinski definition) is 1. The van der Waals surface area contributed by atoms with Crippen molar-refractivity contribution in [1.29, 1.82) is 0 Å². The molecule has 0 unspecified atom stereocenters. The van der Waals surface area contributed by atoms with Gasteiger partial charge in [-0.25, -0.2) is 4.79 Å². The first-order valence-electron chi connectivity index (χ1n) is 6.03. The summed E-state index contributed by atoms with van der Waals surface area (Å²) < 4.78 is 10.2. The average Bonchev–Trinajstić information content (AvgIpc) is 2.33. The highest BCUT2D eigenvalue weighted by Crippen LogP contribution is 2.11. The highest BCUT2D eigenvalue weighted by atomic mass is 16.6. The first-order chi connectivity index (χ1) is 8.90. The third-order valence-corrected chi connectivity index (χ3v) is 2.04. The molecule has 1 aromatic heterocycles. The van der Waals surface area contributed by atoms with Gasteiger partial charge in [0.25, 0.3) is 0 Å². The molecule has 0 saturated heterocycles. The second kappa shape index (κ2) is 6.78. The summed E-state index contributed by atoms with van der Waals surface area (Å²) in [7, 11) is 1.59. The lowest BCUT2D eigenvalue weighted by atomic mass is 10.2. The summed E-state index contributed by atoms with van der Waals surface area (Å²) in [6.45, 7) is 5.87. The van der Waals surface area contributed by atoms with Gasteiger partial charge in [-0.1, -0.05) is 12.2 Å². The number of alkyl carbamates (subject to hydrolysis) is 1. The molecule has 0 spiro atoms. The number of nitrogens with zero attached hydrogens (tertiary/aromatic N) is 1. The van der Waals surface area contributed by atoms with Crippen molar-refractivity contribution in [1.82, 2.24) is 10.3 Å². The van der Waals surface area contributed by atoms with E-state index in [1.807, 2.05) is 39.0 Å². The molecule has 19 heavy (non-hydrogen) atoms. The van der Waals surface area contributed by atoms with Crippen LogP contribution in [0.5, 0.6) is 5.75 Å². The molecule has 1 heterocycles. The van der Waals surface area contributed by atoms with Crippen molar-refractivity contribution in [2.75, 3.05) is 13.7 Å². The molecule has 5 heteroatoms. The third kappa shape index (κ3) is 6.45. The summed E-state index contributed by atoms with van der Waals surface area (Å²) in [5.74, 6) is 0.697.